The smallest absolute Gasteiger partial charge is 0.242 e. The maximum absolute atomic E-state index is 13.8. The molecule has 2 saturated heterocycles. The third-order valence-electron chi connectivity index (χ3n) is 7.31. The summed E-state index contributed by atoms with van der Waals surface area (Å²) < 4.78 is 5.78. The normalized spacial score (nSPS) is 25.6. The summed E-state index contributed by atoms with van der Waals surface area (Å²) in [4.78, 5) is 29.3. The van der Waals surface area contributed by atoms with E-state index < -0.39 is 11.5 Å². The number of benzene rings is 1. The van der Waals surface area contributed by atoms with Crippen LogP contribution in [-0.2, 0) is 20.9 Å². The van der Waals surface area contributed by atoms with Crippen LogP contribution in [0.3, 0.4) is 0 Å². The molecule has 190 valence electrons. The summed E-state index contributed by atoms with van der Waals surface area (Å²) in [5.74, 6) is 0.292. The Labute approximate surface area is 206 Å². The first-order valence-electron chi connectivity index (χ1n) is 13.2. The summed E-state index contributed by atoms with van der Waals surface area (Å²) in [6.07, 6.45) is 6.28. The van der Waals surface area contributed by atoms with Gasteiger partial charge in [-0.3, -0.25) is 14.5 Å². The van der Waals surface area contributed by atoms with Gasteiger partial charge >= 0.3 is 0 Å². The third kappa shape index (κ3) is 7.81. The molecule has 2 amide bonds. The summed E-state index contributed by atoms with van der Waals surface area (Å²) in [7, 11) is 0. The van der Waals surface area contributed by atoms with E-state index in [0.717, 1.165) is 58.2 Å². The zero-order valence-electron chi connectivity index (χ0n) is 21.7. The molecule has 6 nitrogen and oxygen atoms in total. The van der Waals surface area contributed by atoms with Gasteiger partial charge in [0.1, 0.15) is 6.04 Å². The number of aryl methyl sites for hydroxylation is 1. The number of ether oxygens (including phenoxy) is 1. The summed E-state index contributed by atoms with van der Waals surface area (Å²) >= 11 is 0. The van der Waals surface area contributed by atoms with E-state index in [9.17, 15) is 9.59 Å². The van der Waals surface area contributed by atoms with Gasteiger partial charge in [-0.25, -0.2) is 0 Å². The van der Waals surface area contributed by atoms with Gasteiger partial charge in [0.2, 0.25) is 11.8 Å². The lowest BCUT2D eigenvalue weighted by atomic mass is 9.73. The monoisotopic (exact) mass is 471 g/mol. The van der Waals surface area contributed by atoms with Crippen molar-refractivity contribution >= 4 is 11.8 Å². The lowest BCUT2D eigenvalue weighted by Gasteiger charge is -2.41. The fraction of sp³-hybridized carbons (Fsp3) is 0.714. The highest BCUT2D eigenvalue weighted by molar-refractivity contribution is 5.90. The maximum Gasteiger partial charge on any atom is 0.242 e. The first kappa shape index (κ1) is 26.7. The predicted molar refractivity (Wildman–Crippen MR) is 136 cm³/mol. The second-order valence-corrected chi connectivity index (χ2v) is 11.0. The van der Waals surface area contributed by atoms with Crippen LogP contribution in [0.1, 0.15) is 76.8 Å². The van der Waals surface area contributed by atoms with Gasteiger partial charge in [-0.2, -0.15) is 0 Å². The Morgan fingerprint density at radius 3 is 2.56 bits per heavy atom. The summed E-state index contributed by atoms with van der Waals surface area (Å²) in [5.41, 5.74) is 2.22. The van der Waals surface area contributed by atoms with Crippen LogP contribution in [0.2, 0.25) is 0 Å². The van der Waals surface area contributed by atoms with E-state index in [2.05, 4.69) is 60.6 Å². The molecule has 0 bridgehead atoms. The highest BCUT2D eigenvalue weighted by Gasteiger charge is 2.42. The van der Waals surface area contributed by atoms with Crippen molar-refractivity contribution in [3.63, 3.8) is 0 Å². The minimum atomic E-state index is -0.500. The maximum atomic E-state index is 13.8. The number of amides is 2. The number of carbonyl (C=O) groups excluding carboxylic acids is 2. The van der Waals surface area contributed by atoms with Gasteiger partial charge in [-0.1, -0.05) is 56.5 Å². The topological polar surface area (TPSA) is 70.7 Å². The average molecular weight is 472 g/mol. The lowest BCUT2D eigenvalue weighted by molar-refractivity contribution is -0.139. The highest BCUT2D eigenvalue weighted by Crippen LogP contribution is 2.38. The van der Waals surface area contributed by atoms with E-state index >= 15 is 0 Å². The van der Waals surface area contributed by atoms with Gasteiger partial charge in [0.25, 0.3) is 0 Å². The van der Waals surface area contributed by atoms with E-state index in [1.165, 1.54) is 11.1 Å². The Balaban J connectivity index is 1.71. The van der Waals surface area contributed by atoms with Crippen LogP contribution < -0.4 is 10.6 Å². The predicted octanol–water partition coefficient (Wildman–Crippen LogP) is 4.20. The molecular weight excluding hydrogens is 426 g/mol. The van der Waals surface area contributed by atoms with Crippen LogP contribution in [0.25, 0.3) is 0 Å². The van der Waals surface area contributed by atoms with Gasteiger partial charge in [0.15, 0.2) is 0 Å². The molecule has 6 heteroatoms. The Morgan fingerprint density at radius 1 is 1.09 bits per heavy atom. The minimum Gasteiger partial charge on any atom is -0.379 e. The van der Waals surface area contributed by atoms with Crippen molar-refractivity contribution in [3.05, 3.63) is 35.4 Å². The number of carbonyl (C=O) groups is 2. The number of hydrogen-bond donors (Lipinski definition) is 2. The van der Waals surface area contributed by atoms with Crippen molar-refractivity contribution < 1.29 is 14.3 Å². The van der Waals surface area contributed by atoms with Crippen LogP contribution in [0.5, 0.6) is 0 Å². The van der Waals surface area contributed by atoms with Gasteiger partial charge < -0.3 is 15.4 Å². The molecule has 0 aromatic heterocycles. The van der Waals surface area contributed by atoms with E-state index in [4.69, 9.17) is 4.74 Å². The van der Waals surface area contributed by atoms with Crippen LogP contribution >= 0.6 is 0 Å². The molecule has 2 aliphatic rings. The molecule has 1 spiro atoms. The molecule has 0 saturated carbocycles. The van der Waals surface area contributed by atoms with E-state index in [1.54, 1.807) is 0 Å². The van der Waals surface area contributed by atoms with Crippen LogP contribution in [0.4, 0.5) is 0 Å². The quantitative estimate of drug-likeness (QED) is 0.690. The first-order chi connectivity index (χ1) is 16.3. The highest BCUT2D eigenvalue weighted by atomic mass is 16.5. The number of nitrogens with one attached hydrogen (secondary N) is 2. The second kappa shape index (κ2) is 12.7. The number of likely N-dealkylation sites (tertiary alicyclic amines) is 1. The van der Waals surface area contributed by atoms with Crippen LogP contribution in [0, 0.1) is 18.3 Å². The molecule has 0 radical (unpaired) electrons. The van der Waals surface area contributed by atoms with E-state index in [0.29, 0.717) is 25.6 Å². The number of hydrogen-bond acceptors (Lipinski definition) is 4. The molecule has 34 heavy (non-hydrogen) atoms. The Morgan fingerprint density at radius 2 is 1.85 bits per heavy atom. The van der Waals surface area contributed by atoms with Crippen molar-refractivity contribution in [1.29, 1.82) is 0 Å². The number of piperidine rings is 1. The number of rotatable bonds is 4. The molecule has 2 atom stereocenters. The second-order valence-electron chi connectivity index (χ2n) is 11.0. The fourth-order valence-electron chi connectivity index (χ4n) is 5.30. The molecular formula is C28H45N3O3. The Hall–Kier alpha value is -1.92. The molecule has 2 N–H and O–H groups in total. The van der Waals surface area contributed by atoms with Crippen molar-refractivity contribution in [2.24, 2.45) is 11.3 Å². The SMILES string of the molecule is Cc1cccc(CN2CCC3(CCCCCOC[C@@H](C)NC(=O)[C@H](CC(C)C)NC3=O)CC2)c1. The zero-order chi connectivity index (χ0) is 24.6. The minimum absolute atomic E-state index is 0.0687. The van der Waals surface area contributed by atoms with Gasteiger partial charge in [-0.15, -0.1) is 0 Å². The van der Waals surface area contributed by atoms with Crippen molar-refractivity contribution in [1.82, 2.24) is 15.5 Å². The Kier molecular flexibility index (Phi) is 9.96. The molecule has 1 aromatic rings. The molecule has 3 rings (SSSR count). The average Bonchev–Trinajstić information content (AvgIpc) is 2.78. The van der Waals surface area contributed by atoms with Crippen LogP contribution in [0.15, 0.2) is 24.3 Å². The van der Waals surface area contributed by atoms with Gasteiger partial charge in [0.05, 0.1) is 12.0 Å². The molecule has 0 aliphatic carbocycles. The van der Waals surface area contributed by atoms with Crippen molar-refractivity contribution in [3.8, 4) is 0 Å². The van der Waals surface area contributed by atoms with E-state index in [-0.39, 0.29) is 17.9 Å². The number of nitrogens with zero attached hydrogens (tertiary/aromatic N) is 1. The molecule has 1 aromatic carbocycles. The summed E-state index contributed by atoms with van der Waals surface area (Å²) in [5, 5.41) is 6.25. The molecule has 2 heterocycles. The van der Waals surface area contributed by atoms with Gasteiger partial charge in [0, 0.05) is 19.2 Å². The summed E-state index contributed by atoms with van der Waals surface area (Å²) in [6, 6.07) is 8.11. The zero-order valence-corrected chi connectivity index (χ0v) is 21.7. The van der Waals surface area contributed by atoms with Crippen molar-refractivity contribution in [2.45, 2.75) is 91.3 Å². The first-order valence-corrected chi connectivity index (χ1v) is 13.2. The fourth-order valence-corrected chi connectivity index (χ4v) is 5.30. The van der Waals surface area contributed by atoms with Gasteiger partial charge in [-0.05, 0) is 70.5 Å². The molecule has 0 unspecified atom stereocenters. The standard InChI is InChI=1S/C28H45N3O3/c1-21(2)17-25-26(32)29-23(4)20-34-16-7-5-6-11-28(27(33)30-25)12-14-31(15-13-28)19-24-10-8-9-22(3)18-24/h8-10,18,21,23,25H,5-7,11-17,19-20H2,1-4H3,(H,29,32)(H,30,33)/t23-,25+/m1/s1. The third-order valence-corrected chi connectivity index (χ3v) is 7.31. The largest absolute Gasteiger partial charge is 0.379 e. The van der Waals surface area contributed by atoms with Crippen molar-refractivity contribution in [2.75, 3.05) is 26.3 Å². The molecule has 2 fully saturated rings. The lowest BCUT2D eigenvalue weighted by Crippen LogP contribution is -2.56. The molecule has 2 aliphatic heterocycles. The summed E-state index contributed by atoms with van der Waals surface area (Å²) in [6.45, 7) is 12.2. The van der Waals surface area contributed by atoms with Crippen LogP contribution in [-0.4, -0.2) is 55.1 Å². The van der Waals surface area contributed by atoms with E-state index in [1.807, 2.05) is 6.92 Å². The Bertz CT molecular complexity index is 802.